The predicted molar refractivity (Wildman–Crippen MR) is 130 cm³/mol. The van der Waals surface area contributed by atoms with Gasteiger partial charge < -0.3 is 15.4 Å². The lowest BCUT2D eigenvalue weighted by atomic mass is 9.88. The number of hydrogen-bond acceptors (Lipinski definition) is 5. The van der Waals surface area contributed by atoms with Gasteiger partial charge in [0, 0.05) is 59.9 Å². The molecule has 1 aliphatic heterocycles. The van der Waals surface area contributed by atoms with Gasteiger partial charge in [-0.3, -0.25) is 14.9 Å². The van der Waals surface area contributed by atoms with E-state index >= 15 is 0 Å². The van der Waals surface area contributed by atoms with Crippen molar-refractivity contribution in [3.8, 4) is 5.75 Å². The number of carbonyl (C=O) groups excluding carboxylic acids is 1. The molecular formula is C25H28ClN5O2. The summed E-state index contributed by atoms with van der Waals surface area (Å²) in [6.45, 7) is 4.44. The molecule has 1 aliphatic rings. The molecule has 3 heterocycles. The number of nitrogens with zero attached hydrogens (tertiary/aromatic N) is 3. The third-order valence-electron chi connectivity index (χ3n) is 5.87. The average molecular weight is 466 g/mol. The number of benzene rings is 1. The van der Waals surface area contributed by atoms with Gasteiger partial charge in [-0.25, -0.2) is 4.79 Å². The van der Waals surface area contributed by atoms with Crippen molar-refractivity contribution in [3.63, 3.8) is 0 Å². The Morgan fingerprint density at radius 2 is 1.94 bits per heavy atom. The van der Waals surface area contributed by atoms with E-state index in [2.05, 4.69) is 31.6 Å². The minimum absolute atomic E-state index is 0.0408. The number of piperidine rings is 1. The molecular weight excluding hydrogens is 438 g/mol. The van der Waals surface area contributed by atoms with E-state index in [0.717, 1.165) is 37.4 Å². The van der Waals surface area contributed by atoms with Crippen LogP contribution in [0.15, 0.2) is 60.9 Å². The van der Waals surface area contributed by atoms with Gasteiger partial charge in [0.25, 0.3) is 0 Å². The summed E-state index contributed by atoms with van der Waals surface area (Å²) in [6.07, 6.45) is 4.47. The number of carbonyl (C=O) groups is 1. The fraction of sp³-hybridized carbons (Fsp3) is 0.320. The van der Waals surface area contributed by atoms with Crippen LogP contribution in [0, 0.1) is 6.92 Å². The smallest absolute Gasteiger partial charge is 0.319 e. The van der Waals surface area contributed by atoms with Crippen molar-refractivity contribution in [3.05, 3.63) is 82.9 Å². The summed E-state index contributed by atoms with van der Waals surface area (Å²) in [6, 6.07) is 14.8. The minimum atomic E-state index is -0.239. The van der Waals surface area contributed by atoms with Crippen LogP contribution < -0.4 is 15.4 Å². The van der Waals surface area contributed by atoms with Crippen LogP contribution in [0.4, 0.5) is 10.5 Å². The molecule has 1 aromatic carbocycles. The molecule has 2 aromatic heterocycles. The van der Waals surface area contributed by atoms with Gasteiger partial charge in [0.2, 0.25) is 0 Å². The van der Waals surface area contributed by atoms with Gasteiger partial charge in [0.05, 0.1) is 13.3 Å². The molecule has 0 spiro atoms. The zero-order valence-corrected chi connectivity index (χ0v) is 19.5. The molecule has 0 bridgehead atoms. The van der Waals surface area contributed by atoms with Crippen molar-refractivity contribution >= 4 is 23.3 Å². The number of urea groups is 1. The number of rotatable bonds is 6. The Morgan fingerprint density at radius 3 is 2.61 bits per heavy atom. The van der Waals surface area contributed by atoms with Gasteiger partial charge in [-0.05, 0) is 61.4 Å². The number of amides is 2. The Bertz CT molecular complexity index is 1060. The normalized spacial score (nSPS) is 18.5. The number of methoxy groups -OCH3 is 1. The maximum Gasteiger partial charge on any atom is 0.319 e. The van der Waals surface area contributed by atoms with Gasteiger partial charge in [0.1, 0.15) is 5.75 Å². The number of ether oxygens (including phenoxy) is 1. The van der Waals surface area contributed by atoms with Gasteiger partial charge >= 0.3 is 6.03 Å². The second-order valence-corrected chi connectivity index (χ2v) is 8.71. The number of nitrogens with one attached hydrogen (secondary N) is 2. The fourth-order valence-electron chi connectivity index (χ4n) is 4.09. The van der Waals surface area contributed by atoms with E-state index in [1.165, 1.54) is 5.56 Å². The van der Waals surface area contributed by atoms with Crippen LogP contribution in [0.5, 0.6) is 5.75 Å². The van der Waals surface area contributed by atoms with E-state index in [1.807, 2.05) is 31.3 Å². The number of hydrogen-bond donors (Lipinski definition) is 2. The molecule has 0 saturated carbocycles. The van der Waals surface area contributed by atoms with Crippen LogP contribution in [0.2, 0.25) is 5.02 Å². The molecule has 33 heavy (non-hydrogen) atoms. The summed E-state index contributed by atoms with van der Waals surface area (Å²) in [4.78, 5) is 24.2. The molecule has 4 rings (SSSR count). The molecule has 172 valence electrons. The quantitative estimate of drug-likeness (QED) is 0.555. The number of likely N-dealkylation sites (tertiary alicyclic amines) is 1. The largest absolute Gasteiger partial charge is 0.495 e. The molecule has 0 radical (unpaired) electrons. The number of aryl methyl sites for hydroxylation is 1. The maximum atomic E-state index is 12.7. The lowest BCUT2D eigenvalue weighted by Gasteiger charge is -2.38. The van der Waals surface area contributed by atoms with Crippen molar-refractivity contribution in [2.75, 3.05) is 25.5 Å². The predicted octanol–water partition coefficient (Wildman–Crippen LogP) is 4.63. The Morgan fingerprint density at radius 1 is 1.12 bits per heavy atom. The highest BCUT2D eigenvalue weighted by atomic mass is 35.5. The van der Waals surface area contributed by atoms with E-state index in [4.69, 9.17) is 16.3 Å². The van der Waals surface area contributed by atoms with Crippen LogP contribution >= 0.6 is 11.6 Å². The Balaban J connectivity index is 1.47. The van der Waals surface area contributed by atoms with Gasteiger partial charge in [-0.1, -0.05) is 17.7 Å². The summed E-state index contributed by atoms with van der Waals surface area (Å²) in [5.41, 5.74) is 3.81. The Labute approximate surface area is 199 Å². The molecule has 1 saturated heterocycles. The number of pyridine rings is 2. The molecule has 7 nitrogen and oxygen atoms in total. The first kappa shape index (κ1) is 23.0. The highest BCUT2D eigenvalue weighted by molar-refractivity contribution is 6.30. The van der Waals surface area contributed by atoms with E-state index in [1.54, 1.807) is 37.6 Å². The summed E-state index contributed by atoms with van der Waals surface area (Å²) in [7, 11) is 1.63. The second kappa shape index (κ2) is 10.6. The van der Waals surface area contributed by atoms with Gasteiger partial charge in [0.15, 0.2) is 0 Å². The Kier molecular flexibility index (Phi) is 7.42. The van der Waals surface area contributed by atoms with Crippen LogP contribution in [0.3, 0.4) is 0 Å². The van der Waals surface area contributed by atoms with E-state index in [9.17, 15) is 4.79 Å². The first-order valence-corrected chi connectivity index (χ1v) is 11.3. The SMILES string of the molecule is COc1ccc([C@@H]2CN(Cc3ccc(C)nc3)CC[C@H]2NC(=O)Nc2ccc(Cl)cc2)nc1. The van der Waals surface area contributed by atoms with E-state index < -0.39 is 0 Å². The molecule has 0 unspecified atom stereocenters. The molecule has 3 aromatic rings. The monoisotopic (exact) mass is 465 g/mol. The summed E-state index contributed by atoms with van der Waals surface area (Å²) in [5.74, 6) is 0.751. The minimum Gasteiger partial charge on any atom is -0.495 e. The molecule has 0 aliphatic carbocycles. The summed E-state index contributed by atoms with van der Waals surface area (Å²) < 4.78 is 5.26. The van der Waals surface area contributed by atoms with E-state index in [-0.39, 0.29) is 18.0 Å². The standard InChI is InChI=1S/C25H28ClN5O2/c1-17-3-4-18(13-27-17)15-31-12-11-24(22(16-31)23-10-9-21(33-2)14-28-23)30-25(32)29-20-7-5-19(26)6-8-20/h3-10,13-14,22,24H,11-12,15-16H2,1-2H3,(H2,29,30,32)/t22-,24+/m0/s1. The fourth-order valence-corrected chi connectivity index (χ4v) is 4.21. The molecule has 8 heteroatoms. The zero-order valence-electron chi connectivity index (χ0n) is 18.8. The molecule has 2 atom stereocenters. The van der Waals surface area contributed by atoms with Crippen molar-refractivity contribution in [1.29, 1.82) is 0 Å². The maximum absolute atomic E-state index is 12.7. The van der Waals surface area contributed by atoms with Crippen molar-refractivity contribution < 1.29 is 9.53 Å². The van der Waals surface area contributed by atoms with Crippen LogP contribution in [-0.2, 0) is 6.54 Å². The second-order valence-electron chi connectivity index (χ2n) is 8.27. The van der Waals surface area contributed by atoms with Crippen LogP contribution in [0.25, 0.3) is 0 Å². The van der Waals surface area contributed by atoms with Crippen molar-refractivity contribution in [1.82, 2.24) is 20.2 Å². The van der Waals surface area contributed by atoms with Crippen LogP contribution in [-0.4, -0.2) is 47.1 Å². The van der Waals surface area contributed by atoms with Crippen molar-refractivity contribution in [2.45, 2.75) is 31.8 Å². The van der Waals surface area contributed by atoms with Gasteiger partial charge in [-0.2, -0.15) is 0 Å². The number of aromatic nitrogens is 2. The summed E-state index contributed by atoms with van der Waals surface area (Å²) >= 11 is 5.94. The molecule has 1 fully saturated rings. The highest BCUT2D eigenvalue weighted by Gasteiger charge is 2.32. The third-order valence-corrected chi connectivity index (χ3v) is 6.12. The number of anilines is 1. The molecule has 2 amide bonds. The average Bonchev–Trinajstić information content (AvgIpc) is 2.83. The topological polar surface area (TPSA) is 79.4 Å². The zero-order chi connectivity index (χ0) is 23.2. The van der Waals surface area contributed by atoms with Crippen LogP contribution in [0.1, 0.15) is 29.3 Å². The van der Waals surface area contributed by atoms with E-state index in [0.29, 0.717) is 16.5 Å². The summed E-state index contributed by atoms with van der Waals surface area (Å²) in [5, 5.41) is 6.68. The van der Waals surface area contributed by atoms with Gasteiger partial charge in [-0.15, -0.1) is 0 Å². The lowest BCUT2D eigenvalue weighted by molar-refractivity contribution is 0.166. The first-order chi connectivity index (χ1) is 16.0. The third kappa shape index (κ3) is 6.21. The number of halogens is 1. The first-order valence-electron chi connectivity index (χ1n) is 11.0. The lowest BCUT2D eigenvalue weighted by Crippen LogP contribution is -2.50. The highest BCUT2D eigenvalue weighted by Crippen LogP contribution is 2.28. The Hall–Kier alpha value is -3.16. The van der Waals surface area contributed by atoms with Crippen molar-refractivity contribution in [2.24, 2.45) is 0 Å². The molecule has 2 N–H and O–H groups in total.